The zero-order valence-corrected chi connectivity index (χ0v) is 8.81. The molecule has 0 saturated heterocycles. The van der Waals surface area contributed by atoms with Gasteiger partial charge in [0.2, 0.25) is 0 Å². The molecule has 4 N–H and O–H groups in total. The van der Waals surface area contributed by atoms with Gasteiger partial charge in [-0.2, -0.15) is 8.42 Å². The highest BCUT2D eigenvalue weighted by molar-refractivity contribution is 7.79. The van der Waals surface area contributed by atoms with E-state index in [0.717, 1.165) is 11.1 Å². The number of benzene rings is 1. The molecule has 0 bridgehead atoms. The monoisotopic (exact) mass is 231 g/mol. The Kier molecular flexibility index (Phi) is 5.80. The Labute approximate surface area is 88.8 Å². The average Bonchev–Trinajstić information content (AvgIpc) is 2.15. The summed E-state index contributed by atoms with van der Waals surface area (Å²) in [5.41, 5.74) is 7.76. The van der Waals surface area contributed by atoms with Crippen LogP contribution < -0.4 is 5.73 Å². The smallest absolute Gasteiger partial charge is 0.326 e. The summed E-state index contributed by atoms with van der Waals surface area (Å²) in [6.07, 6.45) is 1.82. The Morgan fingerprint density at radius 2 is 1.80 bits per heavy atom. The molecule has 0 spiro atoms. The van der Waals surface area contributed by atoms with Crippen molar-refractivity contribution in [2.24, 2.45) is 5.73 Å². The van der Waals surface area contributed by atoms with Gasteiger partial charge in [0, 0.05) is 6.54 Å². The van der Waals surface area contributed by atoms with E-state index in [4.69, 9.17) is 23.3 Å². The van der Waals surface area contributed by atoms with Crippen molar-refractivity contribution in [3.8, 4) is 0 Å². The Hall–Kier alpha value is -1.21. The largest absolute Gasteiger partial charge is 0.394 e. The van der Waals surface area contributed by atoms with Gasteiger partial charge in [-0.05, 0) is 11.1 Å². The summed E-state index contributed by atoms with van der Waals surface area (Å²) in [7, 11) is -4.67. The van der Waals surface area contributed by atoms with Crippen molar-refractivity contribution in [2.45, 2.75) is 6.54 Å². The molecule has 0 radical (unpaired) electrons. The van der Waals surface area contributed by atoms with Crippen molar-refractivity contribution < 1.29 is 17.5 Å². The fourth-order valence-electron chi connectivity index (χ4n) is 0.919. The van der Waals surface area contributed by atoms with E-state index >= 15 is 0 Å². The fraction of sp³-hybridized carbons (Fsp3) is 0.111. The molecule has 0 aromatic heterocycles. The first-order chi connectivity index (χ1) is 6.88. The zero-order chi connectivity index (χ0) is 11.9. The predicted octanol–water partition coefficient (Wildman–Crippen LogP) is 1.14. The first kappa shape index (κ1) is 13.8. The van der Waals surface area contributed by atoms with Crippen molar-refractivity contribution in [2.75, 3.05) is 0 Å². The highest BCUT2D eigenvalue weighted by Crippen LogP contribution is 2.07. The standard InChI is InChI=1S/C9H11N.H2O4S/c1-2-8-5-3-4-6-9(8)7-10;1-5(2,3)4/h2-6H,1,7,10H2;(H2,1,2,3,4). The van der Waals surface area contributed by atoms with E-state index in [0.29, 0.717) is 6.54 Å². The van der Waals surface area contributed by atoms with E-state index in [9.17, 15) is 0 Å². The van der Waals surface area contributed by atoms with Crippen LogP contribution >= 0.6 is 0 Å². The van der Waals surface area contributed by atoms with Crippen LogP contribution in [0.4, 0.5) is 0 Å². The van der Waals surface area contributed by atoms with Crippen LogP contribution in [0.1, 0.15) is 11.1 Å². The summed E-state index contributed by atoms with van der Waals surface area (Å²) in [5, 5.41) is 0. The Morgan fingerprint density at radius 1 is 1.33 bits per heavy atom. The lowest BCUT2D eigenvalue weighted by Gasteiger charge is -1.99. The van der Waals surface area contributed by atoms with Crippen molar-refractivity contribution in [3.05, 3.63) is 42.0 Å². The van der Waals surface area contributed by atoms with Crippen LogP contribution in [0.3, 0.4) is 0 Å². The maximum Gasteiger partial charge on any atom is 0.394 e. The molecule has 0 aliphatic rings. The van der Waals surface area contributed by atoms with E-state index in [-0.39, 0.29) is 0 Å². The van der Waals surface area contributed by atoms with Crippen LogP contribution in [0.25, 0.3) is 6.08 Å². The minimum absolute atomic E-state index is 0.586. The Balaban J connectivity index is 0.000000336. The predicted molar refractivity (Wildman–Crippen MR) is 58.6 cm³/mol. The molecule has 5 nitrogen and oxygen atoms in total. The molecule has 6 heteroatoms. The van der Waals surface area contributed by atoms with Crippen LogP contribution in [0, 0.1) is 0 Å². The average molecular weight is 231 g/mol. The van der Waals surface area contributed by atoms with Crippen LogP contribution in [0.2, 0.25) is 0 Å². The highest BCUT2D eigenvalue weighted by Gasteiger charge is 1.92. The number of nitrogens with two attached hydrogens (primary N) is 1. The lowest BCUT2D eigenvalue weighted by molar-refractivity contribution is 0.381. The summed E-state index contributed by atoms with van der Waals surface area (Å²) in [4.78, 5) is 0. The van der Waals surface area contributed by atoms with Gasteiger partial charge in [-0.15, -0.1) is 0 Å². The van der Waals surface area contributed by atoms with Crippen LogP contribution in [-0.2, 0) is 16.9 Å². The normalized spacial score (nSPS) is 10.1. The summed E-state index contributed by atoms with van der Waals surface area (Å²) in [5.74, 6) is 0. The number of rotatable bonds is 2. The lowest BCUT2D eigenvalue weighted by Crippen LogP contribution is -1.97. The topological polar surface area (TPSA) is 101 Å². The zero-order valence-electron chi connectivity index (χ0n) is 8.00. The van der Waals surface area contributed by atoms with Gasteiger partial charge in [0.05, 0.1) is 0 Å². The van der Waals surface area contributed by atoms with Gasteiger partial charge < -0.3 is 5.73 Å². The molecule has 0 aliphatic heterocycles. The second kappa shape index (κ2) is 6.31. The van der Waals surface area contributed by atoms with Crippen molar-refractivity contribution in [1.29, 1.82) is 0 Å². The minimum atomic E-state index is -4.67. The van der Waals surface area contributed by atoms with E-state index < -0.39 is 10.4 Å². The first-order valence-corrected chi connectivity index (χ1v) is 5.38. The molecule has 0 unspecified atom stereocenters. The van der Waals surface area contributed by atoms with Crippen LogP contribution in [0.15, 0.2) is 30.8 Å². The maximum absolute atomic E-state index is 8.74. The van der Waals surface area contributed by atoms with Gasteiger partial charge in [0.1, 0.15) is 0 Å². The SMILES string of the molecule is C=Cc1ccccc1CN.O=S(=O)(O)O. The molecule has 1 aromatic carbocycles. The summed E-state index contributed by atoms with van der Waals surface area (Å²) in [6, 6.07) is 7.98. The molecule has 0 saturated carbocycles. The molecule has 0 aliphatic carbocycles. The van der Waals surface area contributed by atoms with Gasteiger partial charge in [-0.3, -0.25) is 9.11 Å². The Bertz CT molecular complexity index is 406. The number of hydrogen-bond donors (Lipinski definition) is 3. The summed E-state index contributed by atoms with van der Waals surface area (Å²) >= 11 is 0. The van der Waals surface area contributed by atoms with Gasteiger partial charge >= 0.3 is 10.4 Å². The quantitative estimate of drug-likeness (QED) is 0.662. The molecule has 15 heavy (non-hydrogen) atoms. The maximum atomic E-state index is 8.74. The van der Waals surface area contributed by atoms with Crippen molar-refractivity contribution >= 4 is 16.5 Å². The molecule has 84 valence electrons. The third kappa shape index (κ3) is 7.83. The van der Waals surface area contributed by atoms with Crippen LogP contribution in [-0.4, -0.2) is 17.5 Å². The van der Waals surface area contributed by atoms with Gasteiger partial charge in [0.25, 0.3) is 0 Å². The fourth-order valence-corrected chi connectivity index (χ4v) is 0.919. The molecule has 1 aromatic rings. The van der Waals surface area contributed by atoms with Gasteiger partial charge in [0.15, 0.2) is 0 Å². The van der Waals surface area contributed by atoms with E-state index in [1.807, 2.05) is 30.3 Å². The van der Waals surface area contributed by atoms with E-state index in [1.165, 1.54) is 0 Å². The van der Waals surface area contributed by atoms with Crippen LogP contribution in [0.5, 0.6) is 0 Å². The molecular formula is C9H13NO4S. The van der Waals surface area contributed by atoms with Crippen molar-refractivity contribution in [1.82, 2.24) is 0 Å². The molecule has 0 heterocycles. The van der Waals surface area contributed by atoms with Crippen molar-refractivity contribution in [3.63, 3.8) is 0 Å². The summed E-state index contributed by atoms with van der Waals surface area (Å²) < 4.78 is 31.6. The third-order valence-corrected chi connectivity index (χ3v) is 1.49. The highest BCUT2D eigenvalue weighted by atomic mass is 32.3. The molecule has 1 rings (SSSR count). The Morgan fingerprint density at radius 3 is 2.13 bits per heavy atom. The number of hydrogen-bond acceptors (Lipinski definition) is 3. The minimum Gasteiger partial charge on any atom is -0.326 e. The second-order valence-electron chi connectivity index (χ2n) is 2.55. The molecule has 0 amide bonds. The molecular weight excluding hydrogens is 218 g/mol. The van der Waals surface area contributed by atoms with E-state index in [2.05, 4.69) is 6.58 Å². The lowest BCUT2D eigenvalue weighted by atomic mass is 10.1. The summed E-state index contributed by atoms with van der Waals surface area (Å²) in [6.45, 7) is 4.27. The van der Waals surface area contributed by atoms with Gasteiger partial charge in [-0.25, -0.2) is 0 Å². The first-order valence-electron chi connectivity index (χ1n) is 3.98. The van der Waals surface area contributed by atoms with E-state index in [1.54, 1.807) is 0 Å². The third-order valence-electron chi connectivity index (χ3n) is 1.49. The van der Waals surface area contributed by atoms with Gasteiger partial charge in [-0.1, -0.05) is 36.9 Å². The second-order valence-corrected chi connectivity index (χ2v) is 3.45. The molecule has 0 atom stereocenters. The molecule has 0 fully saturated rings.